The molecule has 0 bridgehead atoms. The standard InChI is InChI=1S/Mg.H3O3P.Zn/c;1-4(2)3;/h;1-3H;. The van der Waals surface area contributed by atoms with E-state index in [9.17, 15) is 0 Å². The van der Waals surface area contributed by atoms with E-state index < -0.39 is 8.60 Å². The molecule has 0 rings (SSSR count). The van der Waals surface area contributed by atoms with Crippen LogP contribution in [0.5, 0.6) is 0 Å². The van der Waals surface area contributed by atoms with Crippen LogP contribution in [-0.2, 0) is 19.5 Å². The van der Waals surface area contributed by atoms with E-state index >= 15 is 0 Å². The zero-order valence-electron chi connectivity index (χ0n) is 3.20. The first-order valence-electron chi connectivity index (χ1n) is 0.600. The second-order valence-electron chi connectivity index (χ2n) is 0.268. The largest absolute Gasteiger partial charge is 0.328 e. The van der Waals surface area contributed by atoms with Gasteiger partial charge < -0.3 is 14.7 Å². The molecule has 0 aliphatic rings. The fraction of sp³-hybridized carbons (Fsp3) is 0. The molecule has 0 saturated carbocycles. The molecule has 0 aromatic carbocycles. The molecule has 0 heterocycles. The minimum absolute atomic E-state index is 0. The maximum atomic E-state index is 7.23. The molecule has 0 fully saturated rings. The van der Waals surface area contributed by atoms with Gasteiger partial charge in [0.15, 0.2) is 0 Å². The van der Waals surface area contributed by atoms with E-state index in [0.717, 1.165) is 0 Å². The molecule has 6 heavy (non-hydrogen) atoms. The Balaban J connectivity index is -0.0000000450. The summed E-state index contributed by atoms with van der Waals surface area (Å²) in [7, 11) is -2.62. The molecule has 30 valence electrons. The van der Waals surface area contributed by atoms with Gasteiger partial charge in [0, 0.05) is 42.5 Å². The molecule has 0 saturated heterocycles. The molecule has 0 atom stereocenters. The topological polar surface area (TPSA) is 60.7 Å². The van der Waals surface area contributed by atoms with Crippen molar-refractivity contribution >= 4 is 31.7 Å². The van der Waals surface area contributed by atoms with Crippen molar-refractivity contribution in [2.75, 3.05) is 0 Å². The van der Waals surface area contributed by atoms with Crippen molar-refractivity contribution < 1.29 is 34.2 Å². The van der Waals surface area contributed by atoms with E-state index in [2.05, 4.69) is 0 Å². The van der Waals surface area contributed by atoms with E-state index in [0.29, 0.717) is 0 Å². The van der Waals surface area contributed by atoms with Crippen molar-refractivity contribution in [2.45, 2.75) is 0 Å². The van der Waals surface area contributed by atoms with Crippen LogP contribution in [0.25, 0.3) is 0 Å². The third-order valence-corrected chi connectivity index (χ3v) is 0. The fourth-order valence-electron chi connectivity index (χ4n) is 0. The Hall–Kier alpha value is 1.70. The Morgan fingerprint density at radius 2 is 1.00 bits per heavy atom. The van der Waals surface area contributed by atoms with Crippen molar-refractivity contribution in [1.82, 2.24) is 0 Å². The van der Waals surface area contributed by atoms with Crippen molar-refractivity contribution in [2.24, 2.45) is 0 Å². The van der Waals surface area contributed by atoms with E-state index in [1.807, 2.05) is 0 Å². The average molecular weight is 172 g/mol. The molecule has 2 radical (unpaired) electrons. The molecule has 3 nitrogen and oxygen atoms in total. The van der Waals surface area contributed by atoms with Gasteiger partial charge in [-0.05, 0) is 0 Å². The Bertz CT molecular complexity index is 15.5. The summed E-state index contributed by atoms with van der Waals surface area (Å²) in [6.07, 6.45) is 0. The molecule has 0 aromatic rings. The van der Waals surface area contributed by atoms with Gasteiger partial charge in [-0.25, -0.2) is 0 Å². The number of hydrogen-bond donors (Lipinski definition) is 3. The minimum Gasteiger partial charge on any atom is -0.328 e. The number of rotatable bonds is 0. The van der Waals surface area contributed by atoms with E-state index in [4.69, 9.17) is 14.7 Å². The van der Waals surface area contributed by atoms with Gasteiger partial charge in [-0.3, -0.25) is 0 Å². The predicted molar refractivity (Wildman–Crippen MR) is 19.3 cm³/mol. The summed E-state index contributed by atoms with van der Waals surface area (Å²) >= 11 is 0. The first-order chi connectivity index (χ1) is 1.73. The number of hydrogen-bond acceptors (Lipinski definition) is 3. The molecule has 0 unspecified atom stereocenters. The van der Waals surface area contributed by atoms with Gasteiger partial charge in [0.25, 0.3) is 0 Å². The van der Waals surface area contributed by atoms with Crippen molar-refractivity contribution in [3.8, 4) is 0 Å². The first-order valence-corrected chi connectivity index (χ1v) is 1.80. The average Bonchev–Trinajstić information content (AvgIpc) is 0.811. The summed E-state index contributed by atoms with van der Waals surface area (Å²) in [5, 5.41) is 0. The summed E-state index contributed by atoms with van der Waals surface area (Å²) in [4.78, 5) is 21.7. The van der Waals surface area contributed by atoms with Crippen LogP contribution in [0.15, 0.2) is 0 Å². The summed E-state index contributed by atoms with van der Waals surface area (Å²) in [6.45, 7) is 0. The zero-order chi connectivity index (χ0) is 3.58. The third-order valence-electron chi connectivity index (χ3n) is 0. The van der Waals surface area contributed by atoms with E-state index in [-0.39, 0.29) is 42.5 Å². The Morgan fingerprint density at radius 3 is 1.00 bits per heavy atom. The van der Waals surface area contributed by atoms with Crippen LogP contribution in [0.2, 0.25) is 0 Å². The first kappa shape index (κ1) is 15.6. The van der Waals surface area contributed by atoms with Crippen LogP contribution in [0.1, 0.15) is 0 Å². The van der Waals surface area contributed by atoms with Crippen molar-refractivity contribution in [1.29, 1.82) is 0 Å². The van der Waals surface area contributed by atoms with Crippen LogP contribution in [0, 0.1) is 0 Å². The summed E-state index contributed by atoms with van der Waals surface area (Å²) < 4.78 is 0. The van der Waals surface area contributed by atoms with Gasteiger partial charge in [0.1, 0.15) is 0 Å². The molecular weight excluding hydrogens is 169 g/mol. The maximum absolute atomic E-state index is 7.23. The summed E-state index contributed by atoms with van der Waals surface area (Å²) in [5.74, 6) is 0. The Kier molecular flexibility index (Phi) is 25.7. The quantitative estimate of drug-likeness (QED) is 0.317. The Labute approximate surface area is 65.7 Å². The zero-order valence-corrected chi connectivity index (χ0v) is 8.48. The van der Waals surface area contributed by atoms with Gasteiger partial charge in [0.2, 0.25) is 0 Å². The van der Waals surface area contributed by atoms with E-state index in [1.54, 1.807) is 0 Å². The third kappa shape index (κ3) is 43.6. The van der Waals surface area contributed by atoms with Crippen LogP contribution in [-0.4, -0.2) is 37.7 Å². The molecule has 6 heteroatoms. The van der Waals surface area contributed by atoms with E-state index in [1.165, 1.54) is 0 Å². The smallest absolute Gasteiger partial charge is 0.324 e. The molecular formula is H3MgO3PZn. The van der Waals surface area contributed by atoms with Crippen LogP contribution >= 0.6 is 8.60 Å². The van der Waals surface area contributed by atoms with Crippen LogP contribution in [0.4, 0.5) is 0 Å². The second-order valence-corrected chi connectivity index (χ2v) is 0.805. The molecule has 0 amide bonds. The van der Waals surface area contributed by atoms with Gasteiger partial charge in [0.05, 0.1) is 0 Å². The maximum Gasteiger partial charge on any atom is 0.324 e. The molecule has 3 N–H and O–H groups in total. The Morgan fingerprint density at radius 1 is 1.00 bits per heavy atom. The molecule has 0 aliphatic heterocycles. The van der Waals surface area contributed by atoms with Crippen molar-refractivity contribution in [3.63, 3.8) is 0 Å². The normalized spacial score (nSPS) is 6.00. The molecule has 0 spiro atoms. The SMILES string of the molecule is OP(O)O.[Mg].[Zn]. The van der Waals surface area contributed by atoms with Crippen LogP contribution in [0.3, 0.4) is 0 Å². The molecule has 0 aromatic heterocycles. The second kappa shape index (κ2) is 9.85. The van der Waals surface area contributed by atoms with Crippen molar-refractivity contribution in [3.05, 3.63) is 0 Å². The van der Waals surface area contributed by atoms with Gasteiger partial charge in [-0.1, -0.05) is 0 Å². The van der Waals surface area contributed by atoms with Gasteiger partial charge in [-0.2, -0.15) is 0 Å². The van der Waals surface area contributed by atoms with Gasteiger partial charge >= 0.3 is 8.60 Å². The van der Waals surface area contributed by atoms with Crippen LogP contribution < -0.4 is 0 Å². The fourth-order valence-corrected chi connectivity index (χ4v) is 0. The summed E-state index contributed by atoms with van der Waals surface area (Å²) in [6, 6.07) is 0. The monoisotopic (exact) mass is 170 g/mol. The summed E-state index contributed by atoms with van der Waals surface area (Å²) in [5.41, 5.74) is 0. The predicted octanol–water partition coefficient (Wildman–Crippen LogP) is -1.19. The molecule has 0 aliphatic carbocycles. The minimum atomic E-state index is -2.62. The van der Waals surface area contributed by atoms with Gasteiger partial charge in [-0.15, -0.1) is 0 Å².